The molecule has 2 aliphatic rings. The first-order valence-electron chi connectivity index (χ1n) is 20.4. The molecule has 0 aliphatic carbocycles. The molecule has 51 heavy (non-hydrogen) atoms. The lowest BCUT2D eigenvalue weighted by Crippen LogP contribution is -2.52. The maximum atomic E-state index is 7.56. The van der Waals surface area contributed by atoms with E-state index in [9.17, 15) is 0 Å². The molecule has 2 heterocycles. The Balaban J connectivity index is 2.41. The van der Waals surface area contributed by atoms with Crippen molar-refractivity contribution >= 4 is 16.6 Å². The van der Waals surface area contributed by atoms with Gasteiger partial charge in [-0.3, -0.25) is 0 Å². The van der Waals surface area contributed by atoms with E-state index in [1.54, 1.807) is 7.11 Å². The molecule has 1 saturated heterocycles. The summed E-state index contributed by atoms with van der Waals surface area (Å²) in [5, 5.41) is 0.0314. The summed E-state index contributed by atoms with van der Waals surface area (Å²) in [5.41, 5.74) is 6.08. The van der Waals surface area contributed by atoms with Gasteiger partial charge in [0.2, 0.25) is 8.32 Å². The number of aryl methyl sites for hydroxylation is 1. The van der Waals surface area contributed by atoms with E-state index in [1.807, 2.05) is 0 Å². The highest BCUT2D eigenvalue weighted by atomic mass is 28.4. The predicted octanol–water partition coefficient (Wildman–Crippen LogP) is 13.0. The first-order chi connectivity index (χ1) is 23.7. The Morgan fingerprint density at radius 3 is 2.14 bits per heavy atom. The van der Waals surface area contributed by atoms with Gasteiger partial charge in [0.1, 0.15) is 11.5 Å². The molecule has 7 heteroatoms. The van der Waals surface area contributed by atoms with Crippen LogP contribution in [-0.2, 0) is 20.3 Å². The fourth-order valence-electron chi connectivity index (χ4n) is 8.50. The Hall–Kier alpha value is -1.39. The van der Waals surface area contributed by atoms with E-state index < -0.39 is 16.6 Å². The molecule has 5 nitrogen and oxygen atoms in total. The minimum absolute atomic E-state index is 0.0314. The summed E-state index contributed by atoms with van der Waals surface area (Å²) in [6.07, 6.45) is 7.49. The fourth-order valence-corrected chi connectivity index (χ4v) is 12.5. The molecule has 0 aromatic heterocycles. The maximum Gasteiger partial charge on any atom is 0.250 e. The summed E-state index contributed by atoms with van der Waals surface area (Å²) < 4.78 is 34.5. The van der Waals surface area contributed by atoms with Crippen molar-refractivity contribution in [2.45, 2.75) is 177 Å². The Bertz CT molecular complexity index is 1320. The molecule has 0 radical (unpaired) electrons. The number of rotatable bonds is 10. The average Bonchev–Trinajstić information content (AvgIpc) is 3.03. The summed E-state index contributed by atoms with van der Waals surface area (Å²) >= 11 is 0. The Morgan fingerprint density at radius 2 is 1.57 bits per heavy atom. The molecule has 0 N–H and O–H groups in total. The molecule has 2 aliphatic heterocycles. The Labute approximate surface area is 316 Å². The van der Waals surface area contributed by atoms with Gasteiger partial charge in [-0.05, 0) is 112 Å². The summed E-state index contributed by atoms with van der Waals surface area (Å²) in [7, 11) is -2.48. The van der Waals surface area contributed by atoms with Gasteiger partial charge >= 0.3 is 0 Å². The van der Waals surface area contributed by atoms with Gasteiger partial charge in [0.05, 0.1) is 18.3 Å². The van der Waals surface area contributed by atoms with Gasteiger partial charge in [-0.25, -0.2) is 0 Å². The van der Waals surface area contributed by atoms with Crippen LogP contribution in [0.25, 0.3) is 0 Å². The highest BCUT2D eigenvalue weighted by Crippen LogP contribution is 2.51. The van der Waals surface area contributed by atoms with E-state index in [-0.39, 0.29) is 42.0 Å². The minimum atomic E-state index is -2.25. The number of hydrogen-bond acceptors (Lipinski definition) is 5. The molecule has 0 unspecified atom stereocenters. The lowest BCUT2D eigenvalue weighted by Gasteiger charge is -2.49. The van der Waals surface area contributed by atoms with Crippen molar-refractivity contribution in [3.8, 4) is 11.5 Å². The van der Waals surface area contributed by atoms with Crippen LogP contribution >= 0.6 is 0 Å². The number of allylic oxidation sites excluding steroid dienone is 3. The Kier molecular flexibility index (Phi) is 15.8. The molecule has 3 rings (SSSR count). The topological polar surface area (TPSA) is 46.2 Å². The van der Waals surface area contributed by atoms with E-state index in [4.69, 9.17) is 29.6 Å². The van der Waals surface area contributed by atoms with Gasteiger partial charge in [0.25, 0.3) is 0 Å². The number of fused-ring (bicyclic) bond motifs is 4. The lowest BCUT2D eigenvalue weighted by atomic mass is 9.76. The van der Waals surface area contributed by atoms with Crippen LogP contribution in [0.1, 0.15) is 132 Å². The van der Waals surface area contributed by atoms with E-state index in [2.05, 4.69) is 115 Å². The minimum Gasteiger partial charge on any atom is -0.543 e. The van der Waals surface area contributed by atoms with Crippen molar-refractivity contribution in [1.82, 2.24) is 0 Å². The highest BCUT2D eigenvalue weighted by Gasteiger charge is 2.48. The van der Waals surface area contributed by atoms with Gasteiger partial charge in [-0.1, -0.05) is 100.0 Å². The second-order valence-electron chi connectivity index (χ2n) is 18.3. The second-order valence-corrected chi connectivity index (χ2v) is 27.8. The predicted molar refractivity (Wildman–Crippen MR) is 222 cm³/mol. The second kappa shape index (κ2) is 18.3. The zero-order valence-corrected chi connectivity index (χ0v) is 37.9. The van der Waals surface area contributed by atoms with E-state index in [0.717, 1.165) is 72.0 Å². The molecule has 1 aromatic carbocycles. The highest BCUT2D eigenvalue weighted by molar-refractivity contribution is 6.74. The summed E-state index contributed by atoms with van der Waals surface area (Å²) in [6.45, 7) is 40.0. The van der Waals surface area contributed by atoms with E-state index in [1.165, 1.54) is 11.1 Å². The molecule has 2 bridgehead atoms. The first-order valence-corrected chi connectivity index (χ1v) is 25.8. The van der Waals surface area contributed by atoms with Crippen molar-refractivity contribution in [3.05, 3.63) is 46.6 Å². The SMILES string of the molecule is C=C1Cc2c(OCOC)c(C)cc(O[Si](C)(C)C(C)(C)C)c2[C@@H]2O[C@H](CC[C@H](C)/C=C(\C)C[C@@H](C)C[C@@H]1C)[C@H](C)[C@H](O[Si](CC)(CC)CC)[C@H]2C. The van der Waals surface area contributed by atoms with Crippen molar-refractivity contribution < 1.29 is 23.1 Å². The number of hydrogen-bond donors (Lipinski definition) is 0. The summed E-state index contributed by atoms with van der Waals surface area (Å²) in [4.78, 5) is 0. The van der Waals surface area contributed by atoms with Gasteiger partial charge < -0.3 is 23.1 Å². The van der Waals surface area contributed by atoms with Crippen LogP contribution in [0.15, 0.2) is 29.9 Å². The maximum absolute atomic E-state index is 7.56. The van der Waals surface area contributed by atoms with Crippen LogP contribution in [0, 0.1) is 36.5 Å². The van der Waals surface area contributed by atoms with Gasteiger partial charge in [-0.15, -0.1) is 0 Å². The molecular formula is C44H78O5Si2. The normalized spacial score (nSPS) is 30.0. The quantitative estimate of drug-likeness (QED) is 0.136. The first kappa shape index (κ1) is 44.0. The molecule has 292 valence electrons. The number of benzene rings is 1. The fraction of sp³-hybridized carbons (Fsp3) is 0.773. The monoisotopic (exact) mass is 743 g/mol. The van der Waals surface area contributed by atoms with Crippen LogP contribution < -0.4 is 9.16 Å². The van der Waals surface area contributed by atoms with Gasteiger partial charge in [0.15, 0.2) is 15.1 Å². The van der Waals surface area contributed by atoms with Crippen molar-refractivity contribution in [1.29, 1.82) is 0 Å². The molecule has 1 fully saturated rings. The molecule has 1 aromatic rings. The largest absolute Gasteiger partial charge is 0.543 e. The lowest BCUT2D eigenvalue weighted by molar-refractivity contribution is -0.164. The van der Waals surface area contributed by atoms with Crippen LogP contribution in [0.2, 0.25) is 36.3 Å². The van der Waals surface area contributed by atoms with Gasteiger partial charge in [-0.2, -0.15) is 0 Å². The third-order valence-corrected chi connectivity index (χ3v) is 22.1. The van der Waals surface area contributed by atoms with E-state index >= 15 is 0 Å². The molecule has 0 spiro atoms. The zero-order chi connectivity index (χ0) is 38.5. The van der Waals surface area contributed by atoms with Gasteiger partial charge in [0, 0.05) is 30.1 Å². The molecule has 0 saturated carbocycles. The number of methoxy groups -OCH3 is 1. The standard InChI is InChI=1S/C44H78O5Si2/c1-18-51(19-2,20-3)49-42-35(10)38-22-21-29(4)23-30(5)24-31(6)25-32(7)33(8)26-37-40(43(47-38)36(42)11)39(48-50(16,17)44(12,13)14)27-34(9)41(37)46-28-45-15/h23,27,29,31-32,35-36,38,42-43H,8,18-22,24-26,28H2,1-7,9-17H3/b30-23+/t29-,31+,32-,35-,36+,38+,42-,43+/m0/s1. The van der Waals surface area contributed by atoms with Crippen LogP contribution in [-0.4, -0.2) is 42.7 Å². The smallest absolute Gasteiger partial charge is 0.250 e. The molecular weight excluding hydrogens is 665 g/mol. The summed E-state index contributed by atoms with van der Waals surface area (Å²) in [5.74, 6) is 3.65. The van der Waals surface area contributed by atoms with Crippen LogP contribution in [0.5, 0.6) is 11.5 Å². The molecule has 8 atom stereocenters. The zero-order valence-electron chi connectivity index (χ0n) is 35.9. The Morgan fingerprint density at radius 1 is 0.941 bits per heavy atom. The molecule has 0 amide bonds. The summed E-state index contributed by atoms with van der Waals surface area (Å²) in [6, 6.07) is 5.63. The van der Waals surface area contributed by atoms with Crippen molar-refractivity contribution in [3.63, 3.8) is 0 Å². The average molecular weight is 743 g/mol. The van der Waals surface area contributed by atoms with Crippen molar-refractivity contribution in [2.75, 3.05) is 13.9 Å². The van der Waals surface area contributed by atoms with Crippen LogP contribution in [0.3, 0.4) is 0 Å². The third kappa shape index (κ3) is 10.6. The van der Waals surface area contributed by atoms with E-state index in [0.29, 0.717) is 24.2 Å². The van der Waals surface area contributed by atoms with Crippen molar-refractivity contribution in [2.24, 2.45) is 29.6 Å². The van der Waals surface area contributed by atoms with Crippen LogP contribution in [0.4, 0.5) is 0 Å². The third-order valence-electron chi connectivity index (χ3n) is 13.1. The number of ether oxygens (including phenoxy) is 3.